The third-order valence-corrected chi connectivity index (χ3v) is 7.56. The zero-order chi connectivity index (χ0) is 29.0. The number of ketones is 1. The highest BCUT2D eigenvalue weighted by Crippen LogP contribution is 2.34. The van der Waals surface area contributed by atoms with Gasteiger partial charge in [0, 0.05) is 29.6 Å². The zero-order valence-electron chi connectivity index (χ0n) is 23.1. The second kappa shape index (κ2) is 12.1. The summed E-state index contributed by atoms with van der Waals surface area (Å²) < 4.78 is 11.4. The van der Waals surface area contributed by atoms with E-state index in [1.165, 1.54) is 13.8 Å². The van der Waals surface area contributed by atoms with Crippen molar-refractivity contribution in [1.82, 2.24) is 4.90 Å². The van der Waals surface area contributed by atoms with E-state index < -0.39 is 17.7 Å². The summed E-state index contributed by atoms with van der Waals surface area (Å²) in [6, 6.07) is 19.7. The summed E-state index contributed by atoms with van der Waals surface area (Å²) >= 11 is 6.03. The minimum atomic E-state index is -1.35. The SMILES string of the molecule is Cc1cc(CCC2CN(C(=O)Oc3ccccc3)CC2C(=O)c2ccc(Cl)cc2)cc(C)c1OC(C)(C)C(=O)O. The Hall–Kier alpha value is -3.84. The standard InChI is InChI=1S/C32H34ClNO6/c1-20-16-22(17-21(2)29(20)40-32(3,4)30(36)37)10-11-24-18-34(31(38)39-26-8-6-5-7-9-26)19-27(24)28(35)23-12-14-25(33)15-13-23/h5-9,12-17,24,27H,10-11,18-19H2,1-4H3,(H,36,37). The molecule has 1 aliphatic rings. The van der Waals surface area contributed by atoms with Gasteiger partial charge in [-0.25, -0.2) is 9.59 Å². The van der Waals surface area contributed by atoms with Crippen LogP contribution in [-0.2, 0) is 11.2 Å². The topological polar surface area (TPSA) is 93.1 Å². The van der Waals surface area contributed by atoms with Crippen LogP contribution in [0, 0.1) is 25.7 Å². The van der Waals surface area contributed by atoms with Gasteiger partial charge in [-0.05, 0) is 99.5 Å². The number of likely N-dealkylation sites (tertiary alicyclic amines) is 1. The quantitative estimate of drug-likeness (QED) is 0.289. The first-order valence-electron chi connectivity index (χ1n) is 13.3. The molecule has 210 valence electrons. The van der Waals surface area contributed by atoms with Gasteiger partial charge in [-0.1, -0.05) is 41.9 Å². The van der Waals surface area contributed by atoms with Gasteiger partial charge < -0.3 is 19.5 Å². The Kier molecular flexibility index (Phi) is 8.84. The molecule has 1 N–H and O–H groups in total. The van der Waals surface area contributed by atoms with Crippen molar-refractivity contribution in [3.8, 4) is 11.5 Å². The molecule has 2 atom stereocenters. The van der Waals surface area contributed by atoms with E-state index in [0.717, 1.165) is 16.7 Å². The molecule has 0 saturated carbocycles. The molecular formula is C32H34ClNO6. The molecule has 7 nitrogen and oxygen atoms in total. The molecule has 1 saturated heterocycles. The second-order valence-electron chi connectivity index (χ2n) is 10.8. The summed E-state index contributed by atoms with van der Waals surface area (Å²) in [6.07, 6.45) is 0.886. The molecule has 0 bridgehead atoms. The Morgan fingerprint density at radius 2 is 1.60 bits per heavy atom. The first kappa shape index (κ1) is 29.2. The van der Waals surface area contributed by atoms with Gasteiger partial charge in [0.2, 0.25) is 0 Å². The molecule has 1 aliphatic heterocycles. The molecule has 3 aromatic rings. The highest BCUT2D eigenvalue weighted by molar-refractivity contribution is 6.30. The van der Waals surface area contributed by atoms with Crippen molar-refractivity contribution in [2.45, 2.75) is 46.1 Å². The normalized spacial score (nSPS) is 17.0. The average molecular weight is 564 g/mol. The van der Waals surface area contributed by atoms with Crippen LogP contribution in [0.15, 0.2) is 66.7 Å². The van der Waals surface area contributed by atoms with Gasteiger partial charge in [-0.15, -0.1) is 0 Å². The van der Waals surface area contributed by atoms with Crippen LogP contribution in [0.1, 0.15) is 47.3 Å². The molecule has 0 aromatic heterocycles. The number of rotatable bonds is 9. The molecule has 2 unspecified atom stereocenters. The van der Waals surface area contributed by atoms with E-state index >= 15 is 0 Å². The monoisotopic (exact) mass is 563 g/mol. The lowest BCUT2D eigenvalue weighted by Gasteiger charge is -2.25. The van der Waals surface area contributed by atoms with E-state index in [4.69, 9.17) is 21.1 Å². The van der Waals surface area contributed by atoms with Crippen LogP contribution in [0.3, 0.4) is 0 Å². The van der Waals surface area contributed by atoms with E-state index in [-0.39, 0.29) is 24.2 Å². The highest BCUT2D eigenvalue weighted by Gasteiger charge is 2.40. The summed E-state index contributed by atoms with van der Waals surface area (Å²) in [4.78, 5) is 39.7. The molecule has 4 rings (SSSR count). The number of hydrogen-bond donors (Lipinski definition) is 1. The van der Waals surface area contributed by atoms with Gasteiger partial charge in [-0.2, -0.15) is 0 Å². The summed E-state index contributed by atoms with van der Waals surface area (Å²) in [5, 5.41) is 10.0. The van der Waals surface area contributed by atoms with Crippen LogP contribution in [0.4, 0.5) is 4.79 Å². The number of amides is 1. The van der Waals surface area contributed by atoms with Crippen LogP contribution in [0.5, 0.6) is 11.5 Å². The van der Waals surface area contributed by atoms with E-state index in [2.05, 4.69) is 0 Å². The summed E-state index contributed by atoms with van der Waals surface area (Å²) in [7, 11) is 0. The van der Waals surface area contributed by atoms with Crippen LogP contribution in [0.25, 0.3) is 0 Å². The van der Waals surface area contributed by atoms with Crippen molar-refractivity contribution in [1.29, 1.82) is 0 Å². The van der Waals surface area contributed by atoms with E-state index in [1.807, 2.05) is 32.0 Å². The average Bonchev–Trinajstić information content (AvgIpc) is 3.34. The second-order valence-corrected chi connectivity index (χ2v) is 11.3. The van der Waals surface area contributed by atoms with E-state index in [1.54, 1.807) is 53.4 Å². The number of aliphatic carboxylic acids is 1. The van der Waals surface area contributed by atoms with Crippen LogP contribution >= 0.6 is 11.6 Å². The minimum absolute atomic E-state index is 0.0244. The Labute approximate surface area is 239 Å². The fourth-order valence-corrected chi connectivity index (χ4v) is 5.21. The number of para-hydroxylation sites is 1. The fourth-order valence-electron chi connectivity index (χ4n) is 5.09. The van der Waals surface area contributed by atoms with Crippen molar-refractivity contribution in [2.75, 3.05) is 13.1 Å². The number of halogens is 1. The van der Waals surface area contributed by atoms with Gasteiger partial charge in [-0.3, -0.25) is 4.79 Å². The van der Waals surface area contributed by atoms with Crippen molar-refractivity contribution in [3.63, 3.8) is 0 Å². The summed E-state index contributed by atoms with van der Waals surface area (Å²) in [5.41, 5.74) is 1.95. The molecule has 0 spiro atoms. The largest absolute Gasteiger partial charge is 0.478 e. The number of aryl methyl sites for hydroxylation is 3. The molecule has 0 radical (unpaired) electrons. The third kappa shape index (κ3) is 6.83. The number of carboxylic acids is 1. The van der Waals surface area contributed by atoms with Crippen molar-refractivity contribution >= 4 is 29.4 Å². The number of benzene rings is 3. The molecule has 1 heterocycles. The maximum atomic E-state index is 13.6. The van der Waals surface area contributed by atoms with Crippen molar-refractivity contribution in [2.24, 2.45) is 11.8 Å². The minimum Gasteiger partial charge on any atom is -0.478 e. The van der Waals surface area contributed by atoms with Gasteiger partial charge in [0.1, 0.15) is 11.5 Å². The van der Waals surface area contributed by atoms with Crippen LogP contribution < -0.4 is 9.47 Å². The van der Waals surface area contributed by atoms with Gasteiger partial charge in [0.05, 0.1) is 0 Å². The molecule has 1 fully saturated rings. The summed E-state index contributed by atoms with van der Waals surface area (Å²) in [6.45, 7) is 7.51. The predicted octanol–water partition coefficient (Wildman–Crippen LogP) is 6.76. The Morgan fingerprint density at radius 1 is 0.975 bits per heavy atom. The number of carbonyl (C=O) groups excluding carboxylic acids is 2. The lowest BCUT2D eigenvalue weighted by molar-refractivity contribution is -0.152. The lowest BCUT2D eigenvalue weighted by atomic mass is 9.84. The molecule has 1 amide bonds. The van der Waals surface area contributed by atoms with Crippen LogP contribution in [0.2, 0.25) is 5.02 Å². The molecule has 0 aliphatic carbocycles. The number of carbonyl (C=O) groups is 3. The van der Waals surface area contributed by atoms with Gasteiger partial charge in [0.25, 0.3) is 0 Å². The first-order chi connectivity index (χ1) is 18.9. The number of hydrogen-bond acceptors (Lipinski definition) is 5. The van der Waals surface area contributed by atoms with Gasteiger partial charge in [0.15, 0.2) is 11.4 Å². The Morgan fingerprint density at radius 3 is 2.20 bits per heavy atom. The maximum absolute atomic E-state index is 13.6. The number of Topliss-reactive ketones (excluding diaryl/α,β-unsaturated/α-hetero) is 1. The number of nitrogens with zero attached hydrogens (tertiary/aromatic N) is 1. The summed E-state index contributed by atoms with van der Waals surface area (Å²) in [5.74, 6) is -0.509. The Bertz CT molecular complexity index is 1360. The molecule has 8 heteroatoms. The third-order valence-electron chi connectivity index (χ3n) is 7.31. The van der Waals surface area contributed by atoms with Gasteiger partial charge >= 0.3 is 12.1 Å². The van der Waals surface area contributed by atoms with E-state index in [0.29, 0.717) is 41.5 Å². The van der Waals surface area contributed by atoms with Crippen LogP contribution in [-0.4, -0.2) is 46.5 Å². The number of carboxylic acid groups (broad SMARTS) is 1. The number of ether oxygens (including phenoxy) is 2. The molecule has 3 aromatic carbocycles. The molecular weight excluding hydrogens is 530 g/mol. The van der Waals surface area contributed by atoms with Crippen molar-refractivity contribution in [3.05, 3.63) is 94.0 Å². The predicted molar refractivity (Wildman–Crippen MR) is 153 cm³/mol. The fraction of sp³-hybridized carbons (Fsp3) is 0.344. The first-order valence-corrected chi connectivity index (χ1v) is 13.7. The highest BCUT2D eigenvalue weighted by atomic mass is 35.5. The Balaban J connectivity index is 1.51. The molecule has 40 heavy (non-hydrogen) atoms. The van der Waals surface area contributed by atoms with E-state index in [9.17, 15) is 19.5 Å². The maximum Gasteiger partial charge on any atom is 0.415 e. The van der Waals surface area contributed by atoms with Crippen molar-refractivity contribution < 1.29 is 29.0 Å². The lowest BCUT2D eigenvalue weighted by Crippen LogP contribution is -2.38. The zero-order valence-corrected chi connectivity index (χ0v) is 23.9. The smallest absolute Gasteiger partial charge is 0.415 e.